The largest absolute Gasteiger partial charge is 0.334 e. The van der Waals surface area contributed by atoms with Gasteiger partial charge in [-0.1, -0.05) is 44.1 Å². The summed E-state index contributed by atoms with van der Waals surface area (Å²) in [6.07, 6.45) is 0. The maximum absolute atomic E-state index is 6.17. The van der Waals surface area contributed by atoms with Crippen molar-refractivity contribution in [3.63, 3.8) is 0 Å². The SMILES string of the molecule is CC(C)(C)C(N)c1noc(-c2csc3ccccc23)n1. The molecule has 0 saturated heterocycles. The second-order valence-electron chi connectivity index (χ2n) is 5.95. The first-order chi connectivity index (χ1) is 9.47. The predicted molar refractivity (Wildman–Crippen MR) is 81.5 cm³/mol. The topological polar surface area (TPSA) is 64.9 Å². The van der Waals surface area contributed by atoms with E-state index in [1.807, 2.05) is 17.5 Å². The second kappa shape index (κ2) is 4.68. The first-order valence-electron chi connectivity index (χ1n) is 6.52. The minimum atomic E-state index is -0.245. The zero-order valence-electron chi connectivity index (χ0n) is 11.8. The molecule has 1 unspecified atom stereocenters. The van der Waals surface area contributed by atoms with Crippen molar-refractivity contribution >= 4 is 21.4 Å². The average molecular weight is 287 g/mol. The molecule has 0 fully saturated rings. The summed E-state index contributed by atoms with van der Waals surface area (Å²) < 4.78 is 6.61. The van der Waals surface area contributed by atoms with Crippen LogP contribution in [0.2, 0.25) is 0 Å². The molecule has 0 radical (unpaired) electrons. The Morgan fingerprint density at radius 2 is 2.00 bits per heavy atom. The monoisotopic (exact) mass is 287 g/mol. The Bertz CT molecular complexity index is 739. The molecular weight excluding hydrogens is 270 g/mol. The van der Waals surface area contributed by atoms with Crippen LogP contribution in [0.5, 0.6) is 0 Å². The van der Waals surface area contributed by atoms with Crippen molar-refractivity contribution in [3.05, 3.63) is 35.5 Å². The highest BCUT2D eigenvalue weighted by atomic mass is 32.1. The fourth-order valence-corrected chi connectivity index (χ4v) is 2.94. The van der Waals surface area contributed by atoms with Gasteiger partial charge in [0.25, 0.3) is 5.89 Å². The average Bonchev–Trinajstić information content (AvgIpc) is 3.02. The fraction of sp³-hybridized carbons (Fsp3) is 0.333. The summed E-state index contributed by atoms with van der Waals surface area (Å²) in [6.45, 7) is 6.19. The van der Waals surface area contributed by atoms with Crippen LogP contribution in [0.25, 0.3) is 21.5 Å². The van der Waals surface area contributed by atoms with E-state index in [4.69, 9.17) is 10.3 Å². The van der Waals surface area contributed by atoms with Crippen molar-refractivity contribution in [3.8, 4) is 11.5 Å². The number of hydrogen-bond acceptors (Lipinski definition) is 5. The number of hydrogen-bond donors (Lipinski definition) is 1. The zero-order valence-corrected chi connectivity index (χ0v) is 12.6. The van der Waals surface area contributed by atoms with Gasteiger partial charge in [-0.3, -0.25) is 0 Å². The zero-order chi connectivity index (χ0) is 14.3. The van der Waals surface area contributed by atoms with Crippen molar-refractivity contribution in [2.75, 3.05) is 0 Å². The van der Waals surface area contributed by atoms with Crippen molar-refractivity contribution < 1.29 is 4.52 Å². The van der Waals surface area contributed by atoms with Gasteiger partial charge in [0.15, 0.2) is 5.82 Å². The lowest BCUT2D eigenvalue weighted by molar-refractivity contribution is 0.303. The number of rotatable bonds is 2. The summed E-state index contributed by atoms with van der Waals surface area (Å²) in [5.41, 5.74) is 7.05. The smallest absolute Gasteiger partial charge is 0.259 e. The summed E-state index contributed by atoms with van der Waals surface area (Å²) in [6, 6.07) is 7.94. The molecule has 0 aliphatic carbocycles. The van der Waals surface area contributed by atoms with E-state index < -0.39 is 0 Å². The predicted octanol–water partition coefficient (Wildman–Crippen LogP) is 4.00. The van der Waals surface area contributed by atoms with Gasteiger partial charge in [0.05, 0.1) is 11.6 Å². The fourth-order valence-electron chi connectivity index (χ4n) is 2.00. The Hall–Kier alpha value is -1.72. The molecule has 104 valence electrons. The normalized spacial score (nSPS) is 13.8. The minimum Gasteiger partial charge on any atom is -0.334 e. The summed E-state index contributed by atoms with van der Waals surface area (Å²) in [7, 11) is 0. The molecule has 0 aliphatic heterocycles. The van der Waals surface area contributed by atoms with Crippen LogP contribution in [0.15, 0.2) is 34.2 Å². The van der Waals surface area contributed by atoms with E-state index in [-0.39, 0.29) is 11.5 Å². The molecule has 0 saturated carbocycles. The van der Waals surface area contributed by atoms with Gasteiger partial charge in [-0.2, -0.15) is 4.98 Å². The molecule has 1 atom stereocenters. The Morgan fingerprint density at radius 1 is 1.25 bits per heavy atom. The van der Waals surface area contributed by atoms with Crippen LogP contribution in [-0.4, -0.2) is 10.1 Å². The molecule has 5 heteroatoms. The number of fused-ring (bicyclic) bond motifs is 1. The molecule has 3 rings (SSSR count). The quantitative estimate of drug-likeness (QED) is 0.773. The standard InChI is InChI=1S/C15H17N3OS/c1-15(2,3)12(16)13-17-14(19-18-13)10-8-20-11-7-5-4-6-9(10)11/h4-8,12H,16H2,1-3H3. The summed E-state index contributed by atoms with van der Waals surface area (Å²) in [4.78, 5) is 4.47. The van der Waals surface area contributed by atoms with Gasteiger partial charge < -0.3 is 10.3 Å². The summed E-state index contributed by atoms with van der Waals surface area (Å²) in [5.74, 6) is 1.10. The molecule has 2 heterocycles. The molecule has 20 heavy (non-hydrogen) atoms. The van der Waals surface area contributed by atoms with Crippen LogP contribution < -0.4 is 5.73 Å². The highest BCUT2D eigenvalue weighted by Crippen LogP contribution is 2.34. The lowest BCUT2D eigenvalue weighted by Gasteiger charge is -2.23. The lowest BCUT2D eigenvalue weighted by Crippen LogP contribution is -2.27. The lowest BCUT2D eigenvalue weighted by atomic mass is 9.87. The summed E-state index contributed by atoms with van der Waals surface area (Å²) in [5, 5.41) is 7.22. The maximum atomic E-state index is 6.17. The van der Waals surface area contributed by atoms with Gasteiger partial charge in [0.2, 0.25) is 0 Å². The number of nitrogens with zero attached hydrogens (tertiary/aromatic N) is 2. The molecule has 1 aromatic carbocycles. The van der Waals surface area contributed by atoms with Crippen LogP contribution in [0, 0.1) is 5.41 Å². The highest BCUT2D eigenvalue weighted by molar-refractivity contribution is 7.17. The van der Waals surface area contributed by atoms with E-state index in [2.05, 4.69) is 43.0 Å². The molecule has 4 nitrogen and oxygen atoms in total. The third kappa shape index (κ3) is 2.23. The van der Waals surface area contributed by atoms with Crippen LogP contribution in [0.3, 0.4) is 0 Å². The Morgan fingerprint density at radius 3 is 2.75 bits per heavy atom. The molecule has 0 aliphatic rings. The first kappa shape index (κ1) is 13.3. The number of nitrogens with two attached hydrogens (primary N) is 1. The number of thiophene rings is 1. The molecule has 0 bridgehead atoms. The van der Waals surface area contributed by atoms with E-state index in [0.29, 0.717) is 11.7 Å². The Labute approximate surface area is 121 Å². The van der Waals surface area contributed by atoms with E-state index in [0.717, 1.165) is 10.9 Å². The van der Waals surface area contributed by atoms with Crippen molar-refractivity contribution in [2.45, 2.75) is 26.8 Å². The second-order valence-corrected chi connectivity index (χ2v) is 6.86. The van der Waals surface area contributed by atoms with E-state index >= 15 is 0 Å². The first-order valence-corrected chi connectivity index (χ1v) is 7.40. The van der Waals surface area contributed by atoms with Gasteiger partial charge in [-0.15, -0.1) is 11.3 Å². The third-order valence-electron chi connectivity index (χ3n) is 3.36. The molecule has 3 aromatic rings. The Balaban J connectivity index is 2.02. The van der Waals surface area contributed by atoms with Crippen molar-refractivity contribution in [2.24, 2.45) is 11.1 Å². The molecule has 2 N–H and O–H groups in total. The van der Waals surface area contributed by atoms with E-state index in [1.165, 1.54) is 4.70 Å². The van der Waals surface area contributed by atoms with Crippen LogP contribution in [-0.2, 0) is 0 Å². The number of benzene rings is 1. The third-order valence-corrected chi connectivity index (χ3v) is 4.33. The Kier molecular flexibility index (Phi) is 3.11. The van der Waals surface area contributed by atoms with Crippen molar-refractivity contribution in [1.29, 1.82) is 0 Å². The van der Waals surface area contributed by atoms with E-state index in [9.17, 15) is 0 Å². The van der Waals surface area contributed by atoms with Gasteiger partial charge in [0, 0.05) is 15.5 Å². The van der Waals surface area contributed by atoms with Crippen LogP contribution in [0.4, 0.5) is 0 Å². The van der Waals surface area contributed by atoms with E-state index in [1.54, 1.807) is 11.3 Å². The highest BCUT2D eigenvalue weighted by Gasteiger charge is 2.27. The van der Waals surface area contributed by atoms with Gasteiger partial charge in [0.1, 0.15) is 0 Å². The van der Waals surface area contributed by atoms with Gasteiger partial charge in [-0.05, 0) is 11.5 Å². The number of aromatic nitrogens is 2. The molecule has 0 spiro atoms. The van der Waals surface area contributed by atoms with Gasteiger partial charge in [-0.25, -0.2) is 0 Å². The molecular formula is C15H17N3OS. The van der Waals surface area contributed by atoms with Crippen LogP contribution >= 0.6 is 11.3 Å². The van der Waals surface area contributed by atoms with Gasteiger partial charge >= 0.3 is 0 Å². The summed E-state index contributed by atoms with van der Waals surface area (Å²) >= 11 is 1.67. The van der Waals surface area contributed by atoms with Crippen molar-refractivity contribution in [1.82, 2.24) is 10.1 Å². The minimum absolute atomic E-state index is 0.0993. The molecule has 0 amide bonds. The maximum Gasteiger partial charge on any atom is 0.259 e. The van der Waals surface area contributed by atoms with Crippen LogP contribution in [0.1, 0.15) is 32.6 Å². The molecule has 2 aromatic heterocycles.